The molecule has 29 heteroatoms. The quantitative estimate of drug-likeness (QED) is 0.0354. The Morgan fingerprint density at radius 3 is 2.13 bits per heavy atom. The molecule has 1 aliphatic rings. The summed E-state index contributed by atoms with van der Waals surface area (Å²) >= 11 is 0.999. The molecule has 0 radical (unpaired) electrons. The van der Waals surface area contributed by atoms with E-state index in [4.69, 9.17) is 19.5 Å². The molecule has 25 nitrogen and oxygen atoms in total. The van der Waals surface area contributed by atoms with Crippen molar-refractivity contribution in [2.45, 2.75) is 154 Å². The fraction of sp³-hybridized carbons (Fsp3) is 0.789. The van der Waals surface area contributed by atoms with Crippen LogP contribution in [-0.4, -0.2) is 134 Å². The number of hydrogen-bond acceptors (Lipinski definition) is 19. The number of aliphatic hydroxyl groups excluding tert-OH is 3. The number of imidazole rings is 1. The number of nitrogens with zero attached hydrogens (tertiary/aromatic N) is 4. The number of nitrogens with two attached hydrogens (primary N) is 1. The monoisotopic (exact) mass is 1040 g/mol. The smallest absolute Gasteiger partial charge is 0.393 e. The number of amides is 2. The Hall–Kier alpha value is -2.48. The van der Waals surface area contributed by atoms with Gasteiger partial charge in [0.15, 0.2) is 22.8 Å². The van der Waals surface area contributed by atoms with Crippen LogP contribution in [0.4, 0.5) is 5.82 Å². The average Bonchev–Trinajstić information content (AvgIpc) is 3.80. The van der Waals surface area contributed by atoms with Crippen molar-refractivity contribution < 1.29 is 85.6 Å². The van der Waals surface area contributed by atoms with Gasteiger partial charge in [-0.25, -0.2) is 28.6 Å². The van der Waals surface area contributed by atoms with Crippen molar-refractivity contribution in [2.75, 3.05) is 37.8 Å². The van der Waals surface area contributed by atoms with Crippen LogP contribution in [0.2, 0.25) is 0 Å². The van der Waals surface area contributed by atoms with Crippen LogP contribution in [0.5, 0.6) is 0 Å². The summed E-state index contributed by atoms with van der Waals surface area (Å²) in [6.07, 6.45) is 7.42. The number of phosphoric ester groups is 3. The highest BCUT2D eigenvalue weighted by Crippen LogP contribution is 2.61. The van der Waals surface area contributed by atoms with E-state index in [2.05, 4.69) is 41.3 Å². The third-order valence-corrected chi connectivity index (χ3v) is 14.6. The molecule has 1 aliphatic heterocycles. The number of nitrogens with one attached hydrogen (secondary N) is 2. The first-order valence-electron chi connectivity index (χ1n) is 22.2. The van der Waals surface area contributed by atoms with Gasteiger partial charge in [0.05, 0.1) is 25.6 Å². The normalized spacial score (nSPS) is 20.6. The van der Waals surface area contributed by atoms with Gasteiger partial charge in [0, 0.05) is 37.1 Å². The zero-order chi connectivity index (χ0) is 49.8. The Morgan fingerprint density at radius 2 is 1.51 bits per heavy atom. The minimum absolute atomic E-state index is 0.0263. The number of carbonyl (C=O) groups excluding carboxylic acids is 3. The standard InChI is InChI=1S/C38H68N7O18P3S/c1-4-5-6-7-8-9-10-11-12-13-14-15-16-26(46)21-29(48)67-20-19-40-28(47)17-18-41-36(51)33(50)38(2,3)23-60-66(57,58)63-65(55,56)59-22-27-32(62-64(52,53)54)31(49)37(61-27)45-25-44-30-34(39)42-24-43-35(30)45/h24-27,31-33,37,46,49-50H,4-23H2,1-3H3,(H,40,47)(H,41,51)(H,55,56)(H,57,58)(H2,39,42,43)(H2,52,53,54). The Balaban J connectivity index is 1.32. The lowest BCUT2D eigenvalue weighted by Gasteiger charge is -2.30. The predicted octanol–water partition coefficient (Wildman–Crippen LogP) is 3.51. The van der Waals surface area contributed by atoms with Crippen molar-refractivity contribution in [3.63, 3.8) is 0 Å². The molecule has 0 aliphatic carbocycles. The number of phosphoric acid groups is 3. The summed E-state index contributed by atoms with van der Waals surface area (Å²) < 4.78 is 62.4. The van der Waals surface area contributed by atoms with E-state index in [1.165, 1.54) is 71.6 Å². The molecule has 8 atom stereocenters. The third-order valence-electron chi connectivity index (χ3n) is 10.6. The number of anilines is 1. The summed E-state index contributed by atoms with van der Waals surface area (Å²) in [6, 6.07) is 0. The number of hydrogen-bond donors (Lipinski definition) is 10. The molecule has 0 aromatic carbocycles. The van der Waals surface area contributed by atoms with Gasteiger partial charge in [0.1, 0.15) is 36.3 Å². The van der Waals surface area contributed by atoms with Crippen LogP contribution in [0.25, 0.3) is 11.2 Å². The van der Waals surface area contributed by atoms with Crippen LogP contribution < -0.4 is 16.4 Å². The molecule has 2 aromatic heterocycles. The van der Waals surface area contributed by atoms with E-state index in [9.17, 15) is 63.0 Å². The highest BCUT2D eigenvalue weighted by molar-refractivity contribution is 8.13. The molecule has 384 valence electrons. The maximum atomic E-state index is 12.7. The van der Waals surface area contributed by atoms with Gasteiger partial charge >= 0.3 is 23.5 Å². The molecule has 8 unspecified atom stereocenters. The first kappa shape index (κ1) is 58.8. The van der Waals surface area contributed by atoms with Crippen LogP contribution in [-0.2, 0) is 50.7 Å². The number of aromatic nitrogens is 4. The van der Waals surface area contributed by atoms with Gasteiger partial charge in [-0.2, -0.15) is 4.31 Å². The van der Waals surface area contributed by atoms with Crippen molar-refractivity contribution in [1.29, 1.82) is 0 Å². The highest BCUT2D eigenvalue weighted by atomic mass is 32.2. The number of aliphatic hydroxyl groups is 3. The van der Waals surface area contributed by atoms with Gasteiger partial charge in [-0.15, -0.1) is 0 Å². The fourth-order valence-corrected chi connectivity index (χ4v) is 10.4. The van der Waals surface area contributed by atoms with Gasteiger partial charge in [-0.3, -0.25) is 32.5 Å². The topological polar surface area (TPSA) is 384 Å². The van der Waals surface area contributed by atoms with Crippen LogP contribution in [0, 0.1) is 5.41 Å². The van der Waals surface area contributed by atoms with Crippen LogP contribution in [0.1, 0.15) is 123 Å². The van der Waals surface area contributed by atoms with E-state index < -0.39 is 90.7 Å². The van der Waals surface area contributed by atoms with Gasteiger partial charge in [-0.1, -0.05) is 110 Å². The lowest BCUT2D eigenvalue weighted by Crippen LogP contribution is -2.46. The summed E-state index contributed by atoms with van der Waals surface area (Å²) in [5.74, 6) is -1.22. The van der Waals surface area contributed by atoms with Gasteiger partial charge in [0.2, 0.25) is 11.8 Å². The van der Waals surface area contributed by atoms with Crippen molar-refractivity contribution in [1.82, 2.24) is 30.2 Å². The summed E-state index contributed by atoms with van der Waals surface area (Å²) in [4.78, 5) is 88.4. The Labute approximate surface area is 393 Å². The minimum atomic E-state index is -5.59. The van der Waals surface area contributed by atoms with Crippen LogP contribution in [0.3, 0.4) is 0 Å². The SMILES string of the molecule is CCCCCCCCCCCCCCC(O)CC(=O)SCCNC(=O)CCNC(=O)C(O)C(C)(C)COP(=O)(O)OP(=O)(O)OCC1OC(n2cnc3c(N)ncnc32)C(O)C1OP(=O)(O)O. The molecule has 0 saturated carbocycles. The largest absolute Gasteiger partial charge is 0.481 e. The van der Waals surface area contributed by atoms with E-state index >= 15 is 0 Å². The van der Waals surface area contributed by atoms with E-state index in [1.54, 1.807) is 0 Å². The van der Waals surface area contributed by atoms with E-state index in [1.807, 2.05) is 0 Å². The molecular formula is C38H68N7O18P3S. The van der Waals surface area contributed by atoms with Crippen molar-refractivity contribution in [2.24, 2.45) is 5.41 Å². The minimum Gasteiger partial charge on any atom is -0.393 e. The third kappa shape index (κ3) is 21.6. The van der Waals surface area contributed by atoms with Gasteiger partial charge in [-0.05, 0) is 6.42 Å². The molecule has 3 rings (SSSR count). The molecule has 2 amide bonds. The summed E-state index contributed by atoms with van der Waals surface area (Å²) in [5.41, 5.74) is 4.26. The zero-order valence-corrected chi connectivity index (χ0v) is 41.5. The van der Waals surface area contributed by atoms with E-state index in [-0.39, 0.29) is 53.8 Å². The maximum Gasteiger partial charge on any atom is 0.481 e. The second-order valence-corrected chi connectivity index (χ2v) is 22.2. The lowest BCUT2D eigenvalue weighted by molar-refractivity contribution is -0.137. The predicted molar refractivity (Wildman–Crippen MR) is 243 cm³/mol. The van der Waals surface area contributed by atoms with Crippen molar-refractivity contribution >= 4 is 69.1 Å². The number of nitrogen functional groups attached to an aromatic ring is 1. The average molecular weight is 1040 g/mol. The number of unbranched alkanes of at least 4 members (excludes halogenated alkanes) is 11. The molecule has 0 bridgehead atoms. The fourth-order valence-electron chi connectivity index (χ4n) is 6.87. The second-order valence-electron chi connectivity index (χ2n) is 16.8. The second kappa shape index (κ2) is 28.4. The lowest BCUT2D eigenvalue weighted by atomic mass is 9.87. The van der Waals surface area contributed by atoms with Crippen LogP contribution in [0.15, 0.2) is 12.7 Å². The number of carbonyl (C=O) groups is 3. The molecule has 1 saturated heterocycles. The molecule has 11 N–H and O–H groups in total. The summed E-state index contributed by atoms with van der Waals surface area (Å²) in [6.45, 7) is 2.62. The first-order chi connectivity index (χ1) is 31.4. The number of ether oxygens (including phenoxy) is 1. The molecule has 67 heavy (non-hydrogen) atoms. The van der Waals surface area contributed by atoms with Crippen molar-refractivity contribution in [3.8, 4) is 0 Å². The Bertz CT molecular complexity index is 2010. The van der Waals surface area contributed by atoms with E-state index in [0.29, 0.717) is 6.42 Å². The Morgan fingerprint density at radius 1 is 0.896 bits per heavy atom. The van der Waals surface area contributed by atoms with Gasteiger partial charge in [0.25, 0.3) is 0 Å². The zero-order valence-electron chi connectivity index (χ0n) is 38.0. The number of fused-ring (bicyclic) bond motifs is 1. The molecular weight excluding hydrogens is 967 g/mol. The molecule has 3 heterocycles. The molecule has 2 aromatic rings. The molecule has 0 spiro atoms. The van der Waals surface area contributed by atoms with Gasteiger partial charge < -0.3 is 56.0 Å². The maximum absolute atomic E-state index is 12.7. The first-order valence-corrected chi connectivity index (χ1v) is 27.7. The Kier molecular flexibility index (Phi) is 24.9. The van der Waals surface area contributed by atoms with Crippen LogP contribution >= 0.6 is 35.2 Å². The highest BCUT2D eigenvalue weighted by Gasteiger charge is 2.50. The number of rotatable bonds is 34. The van der Waals surface area contributed by atoms with E-state index in [0.717, 1.165) is 48.2 Å². The van der Waals surface area contributed by atoms with Crippen molar-refractivity contribution in [3.05, 3.63) is 12.7 Å². The summed E-state index contributed by atoms with van der Waals surface area (Å²) in [7, 11) is -16.4. The molecule has 1 fully saturated rings. The number of thioether (sulfide) groups is 1. The summed E-state index contributed by atoms with van der Waals surface area (Å²) in [5, 5.41) is 36.6.